The molecule has 2 amide bonds. The van der Waals surface area contributed by atoms with Gasteiger partial charge in [0, 0.05) is 12.1 Å². The average molecular weight is 424 g/mol. The van der Waals surface area contributed by atoms with Gasteiger partial charge in [-0.25, -0.2) is 12.7 Å². The molecule has 1 N–H and O–H groups in total. The number of hydrogen-bond donors (Lipinski definition) is 1. The lowest BCUT2D eigenvalue weighted by Gasteiger charge is -2.27. The lowest BCUT2D eigenvalue weighted by molar-refractivity contribution is -0.121. The van der Waals surface area contributed by atoms with Crippen molar-refractivity contribution >= 4 is 21.8 Å². The summed E-state index contributed by atoms with van der Waals surface area (Å²) in [6, 6.07) is 12.3. The summed E-state index contributed by atoms with van der Waals surface area (Å²) in [5.74, 6) is -1.65. The molecule has 1 aliphatic rings. The number of carbonyl (C=O) groups is 2. The maximum Gasteiger partial charge on any atom is 0.387 e. The zero-order valence-electron chi connectivity index (χ0n) is 15.2. The van der Waals surface area contributed by atoms with Crippen LogP contribution in [0.1, 0.15) is 21.5 Å². The van der Waals surface area contributed by atoms with Gasteiger partial charge in [-0.05, 0) is 35.7 Å². The molecule has 2 aromatic rings. The van der Waals surface area contributed by atoms with Crippen molar-refractivity contribution in [3.05, 3.63) is 65.2 Å². The smallest absolute Gasteiger partial charge is 0.387 e. The predicted octanol–water partition coefficient (Wildman–Crippen LogP) is 1.93. The molecule has 10 heteroatoms. The Bertz CT molecular complexity index is 1010. The van der Waals surface area contributed by atoms with Crippen LogP contribution in [0.2, 0.25) is 0 Å². The van der Waals surface area contributed by atoms with Gasteiger partial charge in [0.1, 0.15) is 12.3 Å². The van der Waals surface area contributed by atoms with Gasteiger partial charge >= 0.3 is 6.61 Å². The lowest BCUT2D eigenvalue weighted by Crippen LogP contribution is -2.47. The summed E-state index contributed by atoms with van der Waals surface area (Å²) in [5, 5.41) is 2.56. The normalized spacial score (nSPS) is 15.1. The number of carbonyl (C=O) groups excluding carboxylic acids is 2. The highest BCUT2D eigenvalue weighted by atomic mass is 32.2. The molecule has 0 spiro atoms. The standard InChI is InChI=1S/C19H18F2N2O5S/c20-19(21)28-15-7-5-13(6-8-15)9-10-22-17(24)11-23-18(25)16-4-2-1-3-14(16)12-29(23,26)27/h1-8,19H,9-12H2,(H,22,24). The van der Waals surface area contributed by atoms with Crippen molar-refractivity contribution in [2.75, 3.05) is 13.1 Å². The Kier molecular flexibility index (Phi) is 6.12. The first-order valence-electron chi connectivity index (χ1n) is 8.69. The fraction of sp³-hybridized carbons (Fsp3) is 0.263. The van der Waals surface area contributed by atoms with Crippen LogP contribution in [0.25, 0.3) is 0 Å². The van der Waals surface area contributed by atoms with Crippen LogP contribution in [-0.2, 0) is 27.0 Å². The SMILES string of the molecule is O=C(CN1C(=O)c2ccccc2CS1(=O)=O)NCCc1ccc(OC(F)F)cc1. The van der Waals surface area contributed by atoms with E-state index in [1.54, 1.807) is 30.3 Å². The number of sulfonamides is 1. The van der Waals surface area contributed by atoms with E-state index in [4.69, 9.17) is 0 Å². The number of fused-ring (bicyclic) bond motifs is 1. The highest BCUT2D eigenvalue weighted by molar-refractivity contribution is 7.89. The van der Waals surface area contributed by atoms with Crippen LogP contribution in [-0.4, -0.2) is 44.2 Å². The summed E-state index contributed by atoms with van der Waals surface area (Å²) >= 11 is 0. The van der Waals surface area contributed by atoms with Crippen LogP contribution < -0.4 is 10.1 Å². The van der Waals surface area contributed by atoms with E-state index in [-0.39, 0.29) is 23.6 Å². The maximum atomic E-state index is 12.5. The summed E-state index contributed by atoms with van der Waals surface area (Å²) in [7, 11) is -3.93. The van der Waals surface area contributed by atoms with E-state index in [0.29, 0.717) is 16.3 Å². The van der Waals surface area contributed by atoms with E-state index in [1.807, 2.05) is 0 Å². The van der Waals surface area contributed by atoms with Crippen LogP contribution in [0.4, 0.5) is 8.78 Å². The first kappa shape index (κ1) is 20.7. The molecule has 0 atom stereocenters. The molecule has 0 aromatic heterocycles. The molecule has 154 valence electrons. The third-order valence-electron chi connectivity index (χ3n) is 4.32. The van der Waals surface area contributed by atoms with E-state index in [2.05, 4.69) is 10.1 Å². The molecule has 0 bridgehead atoms. The minimum Gasteiger partial charge on any atom is -0.435 e. The first-order valence-corrected chi connectivity index (χ1v) is 10.3. The number of rotatable bonds is 7. The second-order valence-electron chi connectivity index (χ2n) is 6.35. The van der Waals surface area contributed by atoms with Crippen molar-refractivity contribution in [1.29, 1.82) is 0 Å². The van der Waals surface area contributed by atoms with Crippen molar-refractivity contribution in [1.82, 2.24) is 9.62 Å². The Morgan fingerprint density at radius 2 is 1.83 bits per heavy atom. The third kappa shape index (κ3) is 5.08. The Morgan fingerprint density at radius 1 is 1.14 bits per heavy atom. The monoisotopic (exact) mass is 424 g/mol. The van der Waals surface area contributed by atoms with E-state index >= 15 is 0 Å². The van der Waals surface area contributed by atoms with Gasteiger partial charge in [0.15, 0.2) is 0 Å². The fourth-order valence-electron chi connectivity index (χ4n) is 2.93. The Balaban J connectivity index is 1.55. The quantitative estimate of drug-likeness (QED) is 0.733. The van der Waals surface area contributed by atoms with Gasteiger partial charge in [0.2, 0.25) is 15.9 Å². The van der Waals surface area contributed by atoms with Crippen LogP contribution in [0.15, 0.2) is 48.5 Å². The van der Waals surface area contributed by atoms with Gasteiger partial charge in [0.05, 0.1) is 5.75 Å². The van der Waals surface area contributed by atoms with Gasteiger partial charge in [-0.1, -0.05) is 30.3 Å². The summed E-state index contributed by atoms with van der Waals surface area (Å²) < 4.78 is 53.8. The molecule has 2 aromatic carbocycles. The molecule has 1 heterocycles. The molecule has 0 unspecified atom stereocenters. The van der Waals surface area contributed by atoms with E-state index in [0.717, 1.165) is 5.56 Å². The van der Waals surface area contributed by atoms with E-state index < -0.39 is 35.0 Å². The van der Waals surface area contributed by atoms with E-state index in [1.165, 1.54) is 18.2 Å². The summed E-state index contributed by atoms with van der Waals surface area (Å²) in [4.78, 5) is 24.6. The molecule has 0 aliphatic carbocycles. The predicted molar refractivity (Wildman–Crippen MR) is 99.9 cm³/mol. The van der Waals surface area contributed by atoms with Crippen LogP contribution in [0.3, 0.4) is 0 Å². The number of amides is 2. The largest absolute Gasteiger partial charge is 0.435 e. The minimum absolute atomic E-state index is 0.0295. The van der Waals surface area contributed by atoms with Crippen molar-refractivity contribution < 1.29 is 31.5 Å². The second-order valence-corrected chi connectivity index (χ2v) is 8.24. The molecule has 0 saturated carbocycles. The van der Waals surface area contributed by atoms with Gasteiger partial charge in [-0.2, -0.15) is 8.78 Å². The molecule has 0 fully saturated rings. The number of ether oxygens (including phenoxy) is 1. The number of alkyl halides is 2. The molecule has 3 rings (SSSR count). The van der Waals surface area contributed by atoms with Gasteiger partial charge in [0.25, 0.3) is 5.91 Å². The molecule has 7 nitrogen and oxygen atoms in total. The second kappa shape index (κ2) is 8.56. The zero-order chi connectivity index (χ0) is 21.0. The Hall–Kier alpha value is -3.01. The van der Waals surface area contributed by atoms with E-state index in [9.17, 15) is 26.8 Å². The topological polar surface area (TPSA) is 92.8 Å². The number of halogens is 2. The molecule has 0 saturated heterocycles. The molecular formula is C19H18F2N2O5S. The number of nitrogens with zero attached hydrogens (tertiary/aromatic N) is 1. The summed E-state index contributed by atoms with van der Waals surface area (Å²) in [6.45, 7) is -3.32. The van der Waals surface area contributed by atoms with Gasteiger partial charge in [-0.3, -0.25) is 9.59 Å². The number of benzene rings is 2. The lowest BCUT2D eigenvalue weighted by atomic mass is 10.1. The Morgan fingerprint density at radius 3 is 2.52 bits per heavy atom. The molecule has 1 aliphatic heterocycles. The minimum atomic E-state index is -3.93. The van der Waals surface area contributed by atoms with Crippen LogP contribution in [0.5, 0.6) is 5.75 Å². The van der Waals surface area contributed by atoms with Crippen molar-refractivity contribution in [2.24, 2.45) is 0 Å². The summed E-state index contributed by atoms with van der Waals surface area (Å²) in [5.41, 5.74) is 1.44. The van der Waals surface area contributed by atoms with Crippen molar-refractivity contribution in [3.63, 3.8) is 0 Å². The highest BCUT2D eigenvalue weighted by Crippen LogP contribution is 2.24. The zero-order valence-corrected chi connectivity index (χ0v) is 16.0. The van der Waals surface area contributed by atoms with Gasteiger partial charge in [-0.15, -0.1) is 0 Å². The van der Waals surface area contributed by atoms with Crippen molar-refractivity contribution in [3.8, 4) is 5.75 Å². The van der Waals surface area contributed by atoms with Crippen molar-refractivity contribution in [2.45, 2.75) is 18.8 Å². The number of hydrogen-bond acceptors (Lipinski definition) is 5. The van der Waals surface area contributed by atoms with Gasteiger partial charge < -0.3 is 10.1 Å². The number of nitrogens with one attached hydrogen (secondary N) is 1. The van der Waals surface area contributed by atoms with Crippen LogP contribution >= 0.6 is 0 Å². The first-order chi connectivity index (χ1) is 13.8. The highest BCUT2D eigenvalue weighted by Gasteiger charge is 2.36. The molecule has 0 radical (unpaired) electrons. The molecular weight excluding hydrogens is 406 g/mol. The van der Waals surface area contributed by atoms with Crippen LogP contribution in [0, 0.1) is 0 Å². The Labute approximate surface area is 166 Å². The fourth-order valence-corrected chi connectivity index (χ4v) is 4.40. The average Bonchev–Trinajstić information content (AvgIpc) is 2.66. The summed E-state index contributed by atoms with van der Waals surface area (Å²) in [6.07, 6.45) is 0.393. The third-order valence-corrected chi connectivity index (χ3v) is 5.96. The maximum absolute atomic E-state index is 12.5. The molecule has 29 heavy (non-hydrogen) atoms.